The molecule has 1 aromatic heterocycles. The van der Waals surface area contributed by atoms with E-state index in [0.29, 0.717) is 6.42 Å². The van der Waals surface area contributed by atoms with Crippen LogP contribution in [0.25, 0.3) is 0 Å². The van der Waals surface area contributed by atoms with E-state index < -0.39 is 12.0 Å². The molecule has 66 valence electrons. The van der Waals surface area contributed by atoms with Gasteiger partial charge in [-0.05, 0) is 18.6 Å². The summed E-state index contributed by atoms with van der Waals surface area (Å²) in [5.41, 5.74) is 0. The zero-order chi connectivity index (χ0) is 9.14. The fourth-order valence-corrected chi connectivity index (χ4v) is 1.08. The molecule has 0 radical (unpaired) electrons. The molecule has 0 aliphatic rings. The maximum absolute atomic E-state index is 10.6. The van der Waals surface area contributed by atoms with Crippen molar-refractivity contribution in [3.05, 3.63) is 4.77 Å². The number of carboxylic acids is 1. The minimum Gasteiger partial charge on any atom is -0.480 e. The lowest BCUT2D eigenvalue weighted by atomic mass is 10.2. The Kier molecular flexibility index (Phi) is 2.54. The second kappa shape index (κ2) is 3.44. The average Bonchev–Trinajstić information content (AvgIpc) is 2.38. The minimum atomic E-state index is -0.945. The van der Waals surface area contributed by atoms with Crippen molar-refractivity contribution in [2.45, 2.75) is 19.4 Å². The van der Waals surface area contributed by atoms with Gasteiger partial charge in [-0.3, -0.25) is 0 Å². The quantitative estimate of drug-likeness (QED) is 0.669. The highest BCUT2D eigenvalue weighted by molar-refractivity contribution is 7.71. The predicted molar refractivity (Wildman–Crippen MR) is 42.2 cm³/mol. The first-order chi connectivity index (χ1) is 5.66. The molecule has 6 nitrogen and oxygen atoms in total. The van der Waals surface area contributed by atoms with E-state index in [1.807, 2.05) is 0 Å². The monoisotopic (exact) mass is 188 g/mol. The summed E-state index contributed by atoms with van der Waals surface area (Å²) in [6.45, 7) is 1.75. The SMILES string of the molecule is CCC(C(=O)O)n1[nH]nnc1=S. The summed E-state index contributed by atoms with van der Waals surface area (Å²) in [4.78, 5) is 10.6. The molecule has 1 rings (SSSR count). The van der Waals surface area contributed by atoms with E-state index in [9.17, 15) is 4.79 Å². The largest absolute Gasteiger partial charge is 0.480 e. The summed E-state index contributed by atoms with van der Waals surface area (Å²) in [7, 11) is 0. The van der Waals surface area contributed by atoms with Crippen LogP contribution in [0, 0.1) is 4.77 Å². The summed E-state index contributed by atoms with van der Waals surface area (Å²) >= 11 is 4.74. The number of H-pyrrole nitrogens is 1. The highest BCUT2D eigenvalue weighted by Crippen LogP contribution is 2.08. The van der Waals surface area contributed by atoms with Crippen molar-refractivity contribution in [1.82, 2.24) is 20.2 Å². The Hall–Kier alpha value is -1.24. The summed E-state index contributed by atoms with van der Waals surface area (Å²) in [6.07, 6.45) is 0.438. The lowest BCUT2D eigenvalue weighted by Gasteiger charge is -2.08. The van der Waals surface area contributed by atoms with Gasteiger partial charge in [0, 0.05) is 0 Å². The fourth-order valence-electron chi connectivity index (χ4n) is 0.875. The van der Waals surface area contributed by atoms with Crippen molar-refractivity contribution in [1.29, 1.82) is 0 Å². The Morgan fingerprint density at radius 2 is 2.58 bits per heavy atom. The van der Waals surface area contributed by atoms with Gasteiger partial charge in [-0.1, -0.05) is 17.2 Å². The molecule has 1 aromatic rings. The van der Waals surface area contributed by atoms with Gasteiger partial charge >= 0.3 is 5.97 Å². The Morgan fingerprint density at radius 1 is 1.92 bits per heavy atom. The molecule has 1 heterocycles. The number of rotatable bonds is 3. The topological polar surface area (TPSA) is 83.8 Å². The zero-order valence-corrected chi connectivity index (χ0v) is 7.21. The van der Waals surface area contributed by atoms with Crippen LogP contribution in [0.4, 0.5) is 0 Å². The standard InChI is InChI=1S/C5H8N4O2S/c1-2-3(4(10)11)9-5(12)6-7-8-9/h3H,2H2,1H3,(H,10,11)(H,6,8,12). The number of carboxylic acid groups (broad SMARTS) is 1. The number of tetrazole rings is 1. The Balaban J connectivity index is 3.03. The molecular formula is C5H8N4O2S. The zero-order valence-electron chi connectivity index (χ0n) is 6.39. The molecule has 1 atom stereocenters. The number of carbonyl (C=O) groups is 1. The van der Waals surface area contributed by atoms with Crippen molar-refractivity contribution < 1.29 is 9.90 Å². The van der Waals surface area contributed by atoms with Crippen LogP contribution in [-0.4, -0.2) is 31.3 Å². The van der Waals surface area contributed by atoms with E-state index >= 15 is 0 Å². The molecule has 0 aromatic carbocycles. The van der Waals surface area contributed by atoms with E-state index in [2.05, 4.69) is 15.5 Å². The van der Waals surface area contributed by atoms with E-state index in [1.54, 1.807) is 6.92 Å². The van der Waals surface area contributed by atoms with Gasteiger partial charge in [0.2, 0.25) is 4.77 Å². The van der Waals surface area contributed by atoms with Crippen LogP contribution < -0.4 is 0 Å². The van der Waals surface area contributed by atoms with Crippen molar-refractivity contribution in [3.8, 4) is 0 Å². The maximum atomic E-state index is 10.6. The Morgan fingerprint density at radius 3 is 2.92 bits per heavy atom. The molecule has 0 amide bonds. The highest BCUT2D eigenvalue weighted by atomic mass is 32.1. The lowest BCUT2D eigenvalue weighted by Crippen LogP contribution is -2.19. The van der Waals surface area contributed by atoms with Crippen LogP contribution in [0.1, 0.15) is 19.4 Å². The molecule has 0 aliphatic carbocycles. The third kappa shape index (κ3) is 1.50. The number of hydrogen-bond acceptors (Lipinski definition) is 4. The molecule has 0 fully saturated rings. The number of nitrogens with one attached hydrogen (secondary N) is 1. The maximum Gasteiger partial charge on any atom is 0.328 e. The average molecular weight is 188 g/mol. The van der Waals surface area contributed by atoms with E-state index in [-0.39, 0.29) is 4.77 Å². The van der Waals surface area contributed by atoms with E-state index in [0.717, 1.165) is 0 Å². The van der Waals surface area contributed by atoms with Crippen LogP contribution in [0.3, 0.4) is 0 Å². The number of hydrogen-bond donors (Lipinski definition) is 2. The minimum absolute atomic E-state index is 0.157. The smallest absolute Gasteiger partial charge is 0.328 e. The first-order valence-electron chi connectivity index (χ1n) is 3.39. The van der Waals surface area contributed by atoms with Crippen LogP contribution >= 0.6 is 12.2 Å². The van der Waals surface area contributed by atoms with E-state index in [4.69, 9.17) is 17.3 Å². The van der Waals surface area contributed by atoms with Gasteiger partial charge in [-0.25, -0.2) is 9.48 Å². The normalized spacial score (nSPS) is 12.8. The summed E-state index contributed by atoms with van der Waals surface area (Å²) in [6, 6.07) is -0.701. The van der Waals surface area contributed by atoms with Crippen LogP contribution in [0.5, 0.6) is 0 Å². The van der Waals surface area contributed by atoms with E-state index in [1.165, 1.54) is 4.68 Å². The second-order valence-electron chi connectivity index (χ2n) is 2.21. The summed E-state index contributed by atoms with van der Waals surface area (Å²) < 4.78 is 1.40. The van der Waals surface area contributed by atoms with Crippen LogP contribution in [0.15, 0.2) is 0 Å². The molecule has 0 spiro atoms. The molecule has 0 aliphatic heterocycles. The van der Waals surface area contributed by atoms with Crippen molar-refractivity contribution >= 4 is 18.2 Å². The molecule has 0 bridgehead atoms. The molecule has 0 saturated carbocycles. The van der Waals surface area contributed by atoms with Crippen molar-refractivity contribution in [2.24, 2.45) is 0 Å². The van der Waals surface area contributed by atoms with Crippen LogP contribution in [-0.2, 0) is 4.79 Å². The summed E-state index contributed by atoms with van der Waals surface area (Å²) in [5, 5.41) is 18.0. The van der Waals surface area contributed by atoms with Gasteiger partial charge in [-0.2, -0.15) is 5.21 Å². The first-order valence-corrected chi connectivity index (χ1v) is 3.80. The summed E-state index contributed by atoms with van der Waals surface area (Å²) in [5.74, 6) is -0.945. The Labute approximate surface area is 73.2 Å². The Bertz CT molecular complexity index is 330. The van der Waals surface area contributed by atoms with Gasteiger partial charge in [0.05, 0.1) is 0 Å². The number of aliphatic carboxylic acids is 1. The molecular weight excluding hydrogens is 180 g/mol. The predicted octanol–water partition coefficient (Wildman–Crippen LogP) is 0.371. The van der Waals surface area contributed by atoms with Gasteiger partial charge in [0.25, 0.3) is 0 Å². The second-order valence-corrected chi connectivity index (χ2v) is 2.58. The highest BCUT2D eigenvalue weighted by Gasteiger charge is 2.18. The van der Waals surface area contributed by atoms with Gasteiger partial charge in [0.15, 0.2) is 6.04 Å². The molecule has 7 heteroatoms. The van der Waals surface area contributed by atoms with Crippen molar-refractivity contribution in [3.63, 3.8) is 0 Å². The number of aromatic nitrogens is 4. The number of nitrogens with zero attached hydrogens (tertiary/aromatic N) is 3. The van der Waals surface area contributed by atoms with Gasteiger partial charge < -0.3 is 5.11 Å². The van der Waals surface area contributed by atoms with Gasteiger partial charge in [-0.15, -0.1) is 0 Å². The third-order valence-electron chi connectivity index (χ3n) is 1.48. The number of aromatic amines is 1. The molecule has 2 N–H and O–H groups in total. The van der Waals surface area contributed by atoms with Crippen LogP contribution in [0.2, 0.25) is 0 Å². The lowest BCUT2D eigenvalue weighted by molar-refractivity contribution is -0.141. The molecule has 1 unspecified atom stereocenters. The van der Waals surface area contributed by atoms with Crippen molar-refractivity contribution in [2.75, 3.05) is 0 Å². The fraction of sp³-hybridized carbons (Fsp3) is 0.600. The molecule has 0 saturated heterocycles. The molecule has 12 heavy (non-hydrogen) atoms. The third-order valence-corrected chi connectivity index (χ3v) is 1.76. The first kappa shape index (κ1) is 8.85. The van der Waals surface area contributed by atoms with Gasteiger partial charge in [0.1, 0.15) is 0 Å².